The van der Waals surface area contributed by atoms with Crippen molar-refractivity contribution in [3.63, 3.8) is 0 Å². The van der Waals surface area contributed by atoms with E-state index in [1.807, 2.05) is 24.3 Å². The van der Waals surface area contributed by atoms with Gasteiger partial charge in [-0.05, 0) is 25.1 Å². The lowest BCUT2D eigenvalue weighted by molar-refractivity contribution is 1.56. The smallest absolute Gasteiger partial charge is 0.0586 e. The first-order valence-corrected chi connectivity index (χ1v) is 7.78. The average molecular weight is 291 g/mol. The van der Waals surface area contributed by atoms with Gasteiger partial charge in [0.25, 0.3) is 0 Å². The van der Waals surface area contributed by atoms with Crippen LogP contribution in [0.1, 0.15) is 17.4 Å². The highest BCUT2D eigenvalue weighted by molar-refractivity contribution is 7.20. The number of hydrogen-bond acceptors (Lipinski definition) is 2. The van der Waals surface area contributed by atoms with E-state index in [9.17, 15) is 0 Å². The van der Waals surface area contributed by atoms with Gasteiger partial charge in [0.15, 0.2) is 0 Å². The molecule has 1 nitrogen and oxygen atoms in total. The van der Waals surface area contributed by atoms with Crippen molar-refractivity contribution in [1.29, 1.82) is 0 Å². The Morgan fingerprint density at radius 2 is 1.76 bits per heavy atom. The largest absolute Gasteiger partial charge is 0.355 e. The number of rotatable bonds is 4. The zero-order chi connectivity index (χ0) is 14.7. The highest BCUT2D eigenvalue weighted by Gasteiger charge is 2.12. The molecule has 1 N–H and O–H groups in total. The molecule has 1 heterocycles. The molecule has 0 unspecified atom stereocenters. The van der Waals surface area contributed by atoms with Crippen LogP contribution in [0.15, 0.2) is 67.3 Å². The van der Waals surface area contributed by atoms with Gasteiger partial charge in [0.2, 0.25) is 0 Å². The Morgan fingerprint density at radius 3 is 2.48 bits per heavy atom. The normalized spacial score (nSPS) is 11.6. The van der Waals surface area contributed by atoms with Crippen LogP contribution in [0, 0.1) is 0 Å². The fraction of sp³-hybridized carbons (Fsp3) is 0.0526. The summed E-state index contributed by atoms with van der Waals surface area (Å²) in [5.74, 6) is 0. The van der Waals surface area contributed by atoms with Crippen LogP contribution in [0.25, 0.3) is 21.9 Å². The Balaban J connectivity index is 2.07. The molecular formula is C19H17NS. The molecule has 0 aliphatic heterocycles. The molecule has 21 heavy (non-hydrogen) atoms. The van der Waals surface area contributed by atoms with E-state index in [4.69, 9.17) is 0 Å². The van der Waals surface area contributed by atoms with Crippen molar-refractivity contribution in [3.05, 3.63) is 77.7 Å². The van der Waals surface area contributed by atoms with Crippen LogP contribution in [0.3, 0.4) is 0 Å². The van der Waals surface area contributed by atoms with Crippen molar-refractivity contribution < 1.29 is 0 Å². The van der Waals surface area contributed by atoms with Gasteiger partial charge in [-0.3, -0.25) is 0 Å². The quantitative estimate of drug-likeness (QED) is 0.620. The second-order valence-corrected chi connectivity index (χ2v) is 5.79. The van der Waals surface area contributed by atoms with Gasteiger partial charge in [0.05, 0.1) is 10.6 Å². The number of para-hydroxylation sites is 1. The molecule has 3 rings (SSSR count). The topological polar surface area (TPSA) is 12.0 Å². The maximum absolute atomic E-state index is 3.99. The maximum Gasteiger partial charge on any atom is 0.0586 e. The first-order valence-electron chi connectivity index (χ1n) is 6.96. The number of allylic oxidation sites excluding steroid dienone is 1. The van der Waals surface area contributed by atoms with Gasteiger partial charge in [-0.25, -0.2) is 0 Å². The molecule has 0 aliphatic rings. The van der Waals surface area contributed by atoms with Crippen LogP contribution in [-0.4, -0.2) is 0 Å². The monoisotopic (exact) mass is 291 g/mol. The van der Waals surface area contributed by atoms with E-state index >= 15 is 0 Å². The molecule has 0 spiro atoms. The van der Waals surface area contributed by atoms with E-state index in [0.717, 1.165) is 11.4 Å². The van der Waals surface area contributed by atoms with E-state index in [2.05, 4.69) is 61.3 Å². The molecule has 104 valence electrons. The van der Waals surface area contributed by atoms with Crippen molar-refractivity contribution in [2.24, 2.45) is 0 Å². The third-order valence-corrected chi connectivity index (χ3v) is 4.64. The molecule has 2 aromatic carbocycles. The number of hydrogen-bond donors (Lipinski definition) is 1. The fourth-order valence-corrected chi connectivity index (χ4v) is 3.64. The summed E-state index contributed by atoms with van der Waals surface area (Å²) in [6, 6.07) is 18.7. The molecule has 0 aliphatic carbocycles. The Hall–Kier alpha value is -2.32. The highest BCUT2D eigenvalue weighted by Crippen LogP contribution is 2.36. The van der Waals surface area contributed by atoms with Crippen LogP contribution < -0.4 is 5.32 Å². The zero-order valence-electron chi connectivity index (χ0n) is 12.0. The van der Waals surface area contributed by atoms with Crippen LogP contribution in [0.4, 0.5) is 5.69 Å². The van der Waals surface area contributed by atoms with Crippen LogP contribution >= 0.6 is 11.3 Å². The minimum absolute atomic E-state index is 1.10. The summed E-state index contributed by atoms with van der Waals surface area (Å²) in [7, 11) is 0. The van der Waals surface area contributed by atoms with Gasteiger partial charge in [0, 0.05) is 21.3 Å². The summed E-state index contributed by atoms with van der Waals surface area (Å²) in [4.78, 5) is 1.23. The van der Waals surface area contributed by atoms with E-state index < -0.39 is 0 Å². The first kappa shape index (κ1) is 13.7. The van der Waals surface area contributed by atoms with Gasteiger partial charge in [0.1, 0.15) is 0 Å². The van der Waals surface area contributed by atoms with Gasteiger partial charge >= 0.3 is 0 Å². The molecule has 0 saturated carbocycles. The Morgan fingerprint density at radius 1 is 1.05 bits per heavy atom. The molecule has 2 heteroatoms. The minimum atomic E-state index is 1.10. The van der Waals surface area contributed by atoms with E-state index in [1.165, 1.54) is 20.5 Å². The van der Waals surface area contributed by atoms with Gasteiger partial charge in [-0.1, -0.05) is 55.1 Å². The third-order valence-electron chi connectivity index (χ3n) is 3.42. The SMILES string of the molecule is C=Cc1c(/C(=C\C)Nc2ccccc2)sc2ccccc12. The summed E-state index contributed by atoms with van der Waals surface area (Å²) in [6.45, 7) is 6.05. The van der Waals surface area contributed by atoms with Crippen LogP contribution in [-0.2, 0) is 0 Å². The Bertz CT molecular complexity index is 797. The average Bonchev–Trinajstić information content (AvgIpc) is 2.92. The fourth-order valence-electron chi connectivity index (χ4n) is 2.41. The van der Waals surface area contributed by atoms with E-state index in [1.54, 1.807) is 11.3 Å². The lowest BCUT2D eigenvalue weighted by atomic mass is 10.1. The summed E-state index contributed by atoms with van der Waals surface area (Å²) in [5.41, 5.74) is 3.42. The second-order valence-electron chi connectivity index (χ2n) is 4.74. The van der Waals surface area contributed by atoms with Gasteiger partial charge < -0.3 is 5.32 Å². The number of anilines is 1. The Kier molecular flexibility index (Phi) is 3.89. The summed E-state index contributed by atoms with van der Waals surface area (Å²) >= 11 is 1.80. The van der Waals surface area contributed by atoms with Gasteiger partial charge in [-0.15, -0.1) is 11.3 Å². The summed E-state index contributed by atoms with van der Waals surface area (Å²) in [6.07, 6.45) is 4.06. The number of nitrogens with one attached hydrogen (secondary N) is 1. The summed E-state index contributed by atoms with van der Waals surface area (Å²) in [5, 5.41) is 4.77. The van der Waals surface area contributed by atoms with Crippen LogP contribution in [0.2, 0.25) is 0 Å². The van der Waals surface area contributed by atoms with Crippen molar-refractivity contribution in [3.8, 4) is 0 Å². The maximum atomic E-state index is 3.99. The predicted octanol–water partition coefficient (Wildman–Crippen LogP) is 6.02. The standard InChI is InChI=1S/C19H17NS/c1-3-15-16-12-8-9-13-18(16)21-19(15)17(4-2)20-14-10-6-5-7-11-14/h3-13,20H,1H2,2H3/b17-4+. The number of thiophene rings is 1. The van der Waals surface area contributed by atoms with Gasteiger partial charge in [-0.2, -0.15) is 0 Å². The lowest BCUT2D eigenvalue weighted by Crippen LogP contribution is -1.97. The molecule has 0 amide bonds. The lowest BCUT2D eigenvalue weighted by Gasteiger charge is -2.10. The molecule has 0 fully saturated rings. The van der Waals surface area contributed by atoms with Crippen LogP contribution in [0.5, 0.6) is 0 Å². The van der Waals surface area contributed by atoms with Crippen molar-refractivity contribution in [2.75, 3.05) is 5.32 Å². The van der Waals surface area contributed by atoms with Crippen molar-refractivity contribution >= 4 is 38.9 Å². The molecular weight excluding hydrogens is 274 g/mol. The summed E-state index contributed by atoms with van der Waals surface area (Å²) < 4.78 is 1.29. The molecule has 0 radical (unpaired) electrons. The first-order chi connectivity index (χ1) is 10.3. The molecule has 0 bridgehead atoms. The minimum Gasteiger partial charge on any atom is -0.355 e. The third kappa shape index (κ3) is 2.63. The molecule has 0 atom stereocenters. The molecule has 0 saturated heterocycles. The zero-order valence-corrected chi connectivity index (χ0v) is 12.8. The predicted molar refractivity (Wildman–Crippen MR) is 95.6 cm³/mol. The van der Waals surface area contributed by atoms with Crippen molar-refractivity contribution in [1.82, 2.24) is 0 Å². The Labute approximate surface area is 129 Å². The number of fused-ring (bicyclic) bond motifs is 1. The molecule has 3 aromatic rings. The van der Waals surface area contributed by atoms with E-state index in [0.29, 0.717) is 0 Å². The van der Waals surface area contributed by atoms with E-state index in [-0.39, 0.29) is 0 Å². The number of benzene rings is 2. The highest BCUT2D eigenvalue weighted by atomic mass is 32.1. The second kappa shape index (κ2) is 5.98. The van der Waals surface area contributed by atoms with Crippen molar-refractivity contribution in [2.45, 2.75) is 6.92 Å². The molecule has 1 aromatic heterocycles.